The van der Waals surface area contributed by atoms with E-state index >= 15 is 0 Å². The SMILES string of the molecule is C=CCCCC[Se]c1cccc2ccccc12. The van der Waals surface area contributed by atoms with Crippen molar-refractivity contribution in [2.75, 3.05) is 0 Å². The van der Waals surface area contributed by atoms with Crippen LogP contribution in [0.3, 0.4) is 0 Å². The van der Waals surface area contributed by atoms with Gasteiger partial charge in [0.05, 0.1) is 0 Å². The fourth-order valence-electron chi connectivity index (χ4n) is 1.89. The Kier molecular flexibility index (Phi) is 4.85. The number of hydrogen-bond donors (Lipinski definition) is 0. The summed E-state index contributed by atoms with van der Waals surface area (Å²) in [7, 11) is 0. The number of allylic oxidation sites excluding steroid dienone is 1. The summed E-state index contributed by atoms with van der Waals surface area (Å²) in [5.41, 5.74) is 0. The van der Waals surface area contributed by atoms with Gasteiger partial charge in [-0.3, -0.25) is 0 Å². The number of unbranched alkanes of at least 4 members (excludes halogenated alkanes) is 2. The van der Waals surface area contributed by atoms with Crippen molar-refractivity contribution >= 4 is 30.2 Å². The minimum atomic E-state index is 0.613. The van der Waals surface area contributed by atoms with Crippen LogP contribution < -0.4 is 4.46 Å². The number of rotatable bonds is 6. The average molecular weight is 289 g/mol. The van der Waals surface area contributed by atoms with Crippen LogP contribution in [0.4, 0.5) is 0 Å². The van der Waals surface area contributed by atoms with Gasteiger partial charge in [-0.1, -0.05) is 0 Å². The Morgan fingerprint density at radius 1 is 1.00 bits per heavy atom. The van der Waals surface area contributed by atoms with Crippen molar-refractivity contribution in [2.45, 2.75) is 24.6 Å². The van der Waals surface area contributed by atoms with Gasteiger partial charge in [-0.25, -0.2) is 0 Å². The van der Waals surface area contributed by atoms with E-state index < -0.39 is 0 Å². The molecular weight excluding hydrogens is 271 g/mol. The molecule has 2 rings (SSSR count). The first-order chi connectivity index (χ1) is 8.42. The molecule has 0 aromatic heterocycles. The van der Waals surface area contributed by atoms with E-state index in [1.807, 2.05) is 6.08 Å². The summed E-state index contributed by atoms with van der Waals surface area (Å²) in [6, 6.07) is 15.4. The third-order valence-electron chi connectivity index (χ3n) is 2.81. The molecule has 0 spiro atoms. The van der Waals surface area contributed by atoms with Crippen LogP contribution in [0.5, 0.6) is 0 Å². The van der Waals surface area contributed by atoms with Crippen LogP contribution in [0.1, 0.15) is 19.3 Å². The van der Waals surface area contributed by atoms with Crippen LogP contribution in [0.25, 0.3) is 10.8 Å². The zero-order chi connectivity index (χ0) is 11.9. The molecule has 0 nitrogen and oxygen atoms in total. The van der Waals surface area contributed by atoms with E-state index in [2.05, 4.69) is 49.0 Å². The van der Waals surface area contributed by atoms with Gasteiger partial charge in [-0.2, -0.15) is 0 Å². The van der Waals surface area contributed by atoms with Crippen molar-refractivity contribution in [3.05, 3.63) is 55.1 Å². The molecule has 0 saturated carbocycles. The summed E-state index contributed by atoms with van der Waals surface area (Å²) < 4.78 is 1.55. The standard InChI is InChI=1S/C16H18Se/c1-2-3-4-7-13-17-16-12-8-10-14-9-5-6-11-15(14)16/h2,5-6,8-12H,1,3-4,7,13H2. The molecule has 0 aliphatic heterocycles. The maximum atomic E-state index is 3.76. The molecule has 2 aromatic rings. The fourth-order valence-corrected chi connectivity index (χ4v) is 4.17. The molecule has 0 atom stereocenters. The van der Waals surface area contributed by atoms with Crippen LogP contribution in [-0.2, 0) is 0 Å². The van der Waals surface area contributed by atoms with Crippen molar-refractivity contribution in [2.24, 2.45) is 0 Å². The first-order valence-corrected chi connectivity index (χ1v) is 8.20. The molecule has 0 aliphatic carbocycles. The van der Waals surface area contributed by atoms with Crippen molar-refractivity contribution in [3.8, 4) is 0 Å². The topological polar surface area (TPSA) is 0 Å². The van der Waals surface area contributed by atoms with Crippen molar-refractivity contribution in [1.82, 2.24) is 0 Å². The molecule has 0 saturated heterocycles. The van der Waals surface area contributed by atoms with Crippen LogP contribution >= 0.6 is 0 Å². The second-order valence-electron chi connectivity index (χ2n) is 4.11. The van der Waals surface area contributed by atoms with Gasteiger partial charge in [0.15, 0.2) is 0 Å². The van der Waals surface area contributed by atoms with E-state index in [1.54, 1.807) is 4.46 Å². The van der Waals surface area contributed by atoms with Gasteiger partial charge >= 0.3 is 110 Å². The zero-order valence-electron chi connectivity index (χ0n) is 10.1. The zero-order valence-corrected chi connectivity index (χ0v) is 11.8. The van der Waals surface area contributed by atoms with Crippen molar-refractivity contribution in [1.29, 1.82) is 0 Å². The molecule has 0 amide bonds. The van der Waals surface area contributed by atoms with Gasteiger partial charge in [-0.05, 0) is 0 Å². The van der Waals surface area contributed by atoms with E-state index in [1.165, 1.54) is 28.9 Å². The molecule has 88 valence electrons. The summed E-state index contributed by atoms with van der Waals surface area (Å²) in [6.45, 7) is 3.76. The Balaban J connectivity index is 2.01. The van der Waals surface area contributed by atoms with Crippen molar-refractivity contribution < 1.29 is 0 Å². The fraction of sp³-hybridized carbons (Fsp3) is 0.250. The second kappa shape index (κ2) is 6.64. The quantitative estimate of drug-likeness (QED) is 0.429. The van der Waals surface area contributed by atoms with Crippen LogP contribution in [0.2, 0.25) is 5.32 Å². The number of hydrogen-bond acceptors (Lipinski definition) is 0. The molecular formula is C16H18Se. The van der Waals surface area contributed by atoms with Crippen LogP contribution in [0.15, 0.2) is 55.1 Å². The molecule has 0 bridgehead atoms. The van der Waals surface area contributed by atoms with Gasteiger partial charge in [0.2, 0.25) is 0 Å². The molecule has 0 unspecified atom stereocenters. The van der Waals surface area contributed by atoms with Gasteiger partial charge in [0.1, 0.15) is 0 Å². The molecule has 0 fully saturated rings. The van der Waals surface area contributed by atoms with Gasteiger partial charge in [0, 0.05) is 0 Å². The monoisotopic (exact) mass is 290 g/mol. The molecule has 0 N–H and O–H groups in total. The van der Waals surface area contributed by atoms with Gasteiger partial charge < -0.3 is 0 Å². The van der Waals surface area contributed by atoms with E-state index in [0.717, 1.165) is 6.42 Å². The Hall–Kier alpha value is -1.04. The Labute approximate surface area is 110 Å². The number of benzene rings is 2. The predicted octanol–water partition coefficient (Wildman–Crippen LogP) is 3.94. The van der Waals surface area contributed by atoms with E-state index in [4.69, 9.17) is 0 Å². The summed E-state index contributed by atoms with van der Waals surface area (Å²) in [4.78, 5) is 0. The van der Waals surface area contributed by atoms with Gasteiger partial charge in [-0.15, -0.1) is 0 Å². The molecule has 0 radical (unpaired) electrons. The van der Waals surface area contributed by atoms with Crippen molar-refractivity contribution in [3.63, 3.8) is 0 Å². The second-order valence-corrected chi connectivity index (χ2v) is 6.50. The predicted molar refractivity (Wildman–Crippen MR) is 78.2 cm³/mol. The summed E-state index contributed by atoms with van der Waals surface area (Å²) in [5, 5.41) is 4.16. The molecule has 1 heteroatoms. The molecule has 17 heavy (non-hydrogen) atoms. The third-order valence-corrected chi connectivity index (χ3v) is 5.24. The number of fused-ring (bicyclic) bond motifs is 1. The summed E-state index contributed by atoms with van der Waals surface area (Å²) in [6.07, 6.45) is 5.79. The average Bonchev–Trinajstić information content (AvgIpc) is 2.39. The normalized spacial score (nSPS) is 10.6. The molecule has 2 aromatic carbocycles. The van der Waals surface area contributed by atoms with Crippen LogP contribution in [0, 0.1) is 0 Å². The Bertz CT molecular complexity index is 482. The maximum absolute atomic E-state index is 3.76. The van der Waals surface area contributed by atoms with E-state index in [0.29, 0.717) is 15.0 Å². The Morgan fingerprint density at radius 3 is 2.71 bits per heavy atom. The van der Waals surface area contributed by atoms with E-state index in [-0.39, 0.29) is 0 Å². The third kappa shape index (κ3) is 3.46. The molecule has 0 heterocycles. The first-order valence-electron chi connectivity index (χ1n) is 6.13. The van der Waals surface area contributed by atoms with Crippen LogP contribution in [-0.4, -0.2) is 15.0 Å². The van der Waals surface area contributed by atoms with E-state index in [9.17, 15) is 0 Å². The molecule has 0 aliphatic rings. The first kappa shape index (κ1) is 12.4. The Morgan fingerprint density at radius 2 is 1.82 bits per heavy atom. The summed E-state index contributed by atoms with van der Waals surface area (Å²) in [5.74, 6) is 0. The minimum absolute atomic E-state index is 0.613. The summed E-state index contributed by atoms with van der Waals surface area (Å²) >= 11 is 0.613. The van der Waals surface area contributed by atoms with Gasteiger partial charge in [0.25, 0.3) is 0 Å².